The molecule has 1 fully saturated rings. The summed E-state index contributed by atoms with van der Waals surface area (Å²) < 4.78 is 4.82. The molecule has 3 N–H and O–H groups in total. The van der Waals surface area contributed by atoms with Crippen LogP contribution in [0.1, 0.15) is 34.1 Å². The third kappa shape index (κ3) is 7.24. The van der Waals surface area contributed by atoms with Gasteiger partial charge in [0.25, 0.3) is 0 Å². The van der Waals surface area contributed by atoms with Gasteiger partial charge in [0.2, 0.25) is 11.8 Å². The highest BCUT2D eigenvalue weighted by Crippen LogP contribution is 2.22. The molecule has 1 aliphatic rings. The second-order valence-electron chi connectivity index (χ2n) is 8.68. The number of carbonyl (C=O) groups excluding carboxylic acids is 4. The highest BCUT2D eigenvalue weighted by molar-refractivity contribution is 7.98. The molecule has 34 heavy (non-hydrogen) atoms. The summed E-state index contributed by atoms with van der Waals surface area (Å²) >= 11 is 1.56. The minimum Gasteiger partial charge on any atom is -0.467 e. The molecule has 1 aliphatic heterocycles. The van der Waals surface area contributed by atoms with E-state index < -0.39 is 36.0 Å². The Bertz CT molecular complexity index is 945. The maximum absolute atomic E-state index is 13.3. The topological polar surface area (TPSA) is 117 Å². The van der Waals surface area contributed by atoms with E-state index in [4.69, 9.17) is 4.74 Å². The number of hydrogen-bond acceptors (Lipinski definition) is 6. The Balaban J connectivity index is 2.23. The molecule has 0 spiro atoms. The Morgan fingerprint density at radius 3 is 2.50 bits per heavy atom. The Morgan fingerprint density at radius 1 is 1.21 bits per heavy atom. The normalized spacial score (nSPS) is 18.1. The number of urea groups is 1. The van der Waals surface area contributed by atoms with Gasteiger partial charge in [0, 0.05) is 23.2 Å². The number of hydrogen-bond donors (Lipinski definition) is 3. The van der Waals surface area contributed by atoms with Crippen molar-refractivity contribution in [3.05, 3.63) is 35.9 Å². The van der Waals surface area contributed by atoms with Gasteiger partial charge in [-0.2, -0.15) is 0 Å². The monoisotopic (exact) mass is 490 g/mol. The Labute approximate surface area is 205 Å². The van der Waals surface area contributed by atoms with Crippen LogP contribution in [0.2, 0.25) is 0 Å². The summed E-state index contributed by atoms with van der Waals surface area (Å²) in [5.41, 5.74) is 1.41. The van der Waals surface area contributed by atoms with Crippen LogP contribution in [0.5, 0.6) is 0 Å². The first-order valence-electron chi connectivity index (χ1n) is 11.1. The van der Waals surface area contributed by atoms with Crippen LogP contribution in [0.25, 0.3) is 0 Å². The van der Waals surface area contributed by atoms with Gasteiger partial charge in [-0.05, 0) is 50.6 Å². The van der Waals surface area contributed by atoms with Crippen LogP contribution in [0.15, 0.2) is 40.8 Å². The standard InChI is InChI=1S/C24H34N4O5S/c1-14(2)12-19(29)28-11-10-18(21(28)22(30)27-20(15(3)4)23(31)33-5)26-24(32)25-16-8-7-9-17(13-16)34-6/h7-9,12-13,15,18,20-21H,10-11H2,1-6H3,(H,27,30)(H2,25,26,32). The summed E-state index contributed by atoms with van der Waals surface area (Å²) in [6, 6.07) is 4.43. The van der Waals surface area contributed by atoms with Crippen LogP contribution in [0.3, 0.4) is 0 Å². The number of likely N-dealkylation sites (tertiary alicyclic amines) is 1. The van der Waals surface area contributed by atoms with E-state index in [1.807, 2.05) is 24.5 Å². The minimum atomic E-state index is -0.975. The predicted octanol–water partition coefficient (Wildman–Crippen LogP) is 2.78. The van der Waals surface area contributed by atoms with Crippen molar-refractivity contribution in [3.63, 3.8) is 0 Å². The lowest BCUT2D eigenvalue weighted by Crippen LogP contribution is -2.58. The molecule has 1 aromatic rings. The van der Waals surface area contributed by atoms with Crippen LogP contribution in [0.4, 0.5) is 10.5 Å². The number of nitrogens with zero attached hydrogens (tertiary/aromatic N) is 1. The SMILES string of the molecule is COC(=O)C(NC(=O)C1C(NC(=O)Nc2cccc(SC)c2)CCN1C(=O)C=C(C)C)C(C)C. The van der Waals surface area contributed by atoms with Gasteiger partial charge in [0.1, 0.15) is 12.1 Å². The van der Waals surface area contributed by atoms with E-state index in [0.29, 0.717) is 12.1 Å². The van der Waals surface area contributed by atoms with E-state index >= 15 is 0 Å². The maximum atomic E-state index is 13.3. The Morgan fingerprint density at radius 2 is 1.91 bits per heavy atom. The van der Waals surface area contributed by atoms with Crippen LogP contribution in [-0.2, 0) is 19.1 Å². The maximum Gasteiger partial charge on any atom is 0.328 e. The smallest absolute Gasteiger partial charge is 0.328 e. The molecule has 4 amide bonds. The van der Waals surface area contributed by atoms with Crippen molar-refractivity contribution in [2.24, 2.45) is 5.92 Å². The first-order valence-corrected chi connectivity index (χ1v) is 12.3. The fourth-order valence-electron chi connectivity index (χ4n) is 3.74. The highest BCUT2D eigenvalue weighted by atomic mass is 32.2. The number of nitrogens with one attached hydrogen (secondary N) is 3. The first kappa shape index (κ1) is 27.2. The third-order valence-electron chi connectivity index (χ3n) is 5.43. The zero-order valence-electron chi connectivity index (χ0n) is 20.5. The summed E-state index contributed by atoms with van der Waals surface area (Å²) in [4.78, 5) is 53.4. The van der Waals surface area contributed by atoms with Crippen molar-refractivity contribution in [1.82, 2.24) is 15.5 Å². The molecule has 3 atom stereocenters. The molecule has 0 saturated carbocycles. The van der Waals surface area contributed by atoms with Crippen LogP contribution >= 0.6 is 11.8 Å². The molecule has 0 bridgehead atoms. The van der Waals surface area contributed by atoms with E-state index in [0.717, 1.165) is 10.5 Å². The fourth-order valence-corrected chi connectivity index (χ4v) is 4.20. The van der Waals surface area contributed by atoms with Crippen molar-refractivity contribution in [1.29, 1.82) is 0 Å². The van der Waals surface area contributed by atoms with E-state index in [1.54, 1.807) is 45.5 Å². The summed E-state index contributed by atoms with van der Waals surface area (Å²) in [7, 11) is 1.25. The first-order chi connectivity index (χ1) is 16.1. The summed E-state index contributed by atoms with van der Waals surface area (Å²) in [5, 5.41) is 8.33. The molecule has 1 heterocycles. The van der Waals surface area contributed by atoms with Gasteiger partial charge in [-0.3, -0.25) is 9.59 Å². The molecule has 186 valence electrons. The van der Waals surface area contributed by atoms with E-state index in [2.05, 4.69) is 16.0 Å². The zero-order chi connectivity index (χ0) is 25.4. The average molecular weight is 491 g/mol. The number of allylic oxidation sites excluding steroid dienone is 1. The highest BCUT2D eigenvalue weighted by Gasteiger charge is 2.43. The van der Waals surface area contributed by atoms with E-state index in [1.165, 1.54) is 18.1 Å². The fraction of sp³-hybridized carbons (Fsp3) is 0.500. The van der Waals surface area contributed by atoms with E-state index in [-0.39, 0.29) is 18.4 Å². The van der Waals surface area contributed by atoms with Gasteiger partial charge in [0.15, 0.2) is 0 Å². The van der Waals surface area contributed by atoms with Gasteiger partial charge in [-0.25, -0.2) is 9.59 Å². The van der Waals surface area contributed by atoms with Crippen molar-refractivity contribution >= 4 is 41.3 Å². The van der Waals surface area contributed by atoms with Gasteiger partial charge in [0.05, 0.1) is 13.2 Å². The predicted molar refractivity (Wildman–Crippen MR) is 132 cm³/mol. The molecule has 0 radical (unpaired) electrons. The lowest BCUT2D eigenvalue weighted by Gasteiger charge is -2.29. The molecule has 0 aliphatic carbocycles. The van der Waals surface area contributed by atoms with Crippen LogP contribution in [-0.4, -0.2) is 66.8 Å². The Kier molecular flexibility index (Phi) is 9.97. The lowest BCUT2D eigenvalue weighted by molar-refractivity contribution is -0.147. The number of anilines is 1. The molecule has 9 nitrogen and oxygen atoms in total. The number of methoxy groups -OCH3 is 1. The van der Waals surface area contributed by atoms with Gasteiger partial charge < -0.3 is 25.6 Å². The average Bonchev–Trinajstić information content (AvgIpc) is 3.19. The molecule has 1 aromatic carbocycles. The summed E-state index contributed by atoms with van der Waals surface area (Å²) in [5.74, 6) is -1.64. The van der Waals surface area contributed by atoms with Crippen molar-refractivity contribution in [2.75, 3.05) is 25.2 Å². The van der Waals surface area contributed by atoms with Crippen molar-refractivity contribution in [3.8, 4) is 0 Å². The molecule has 2 rings (SSSR count). The zero-order valence-corrected chi connectivity index (χ0v) is 21.3. The largest absolute Gasteiger partial charge is 0.467 e. The van der Waals surface area contributed by atoms with Crippen LogP contribution < -0.4 is 16.0 Å². The number of amides is 4. The minimum absolute atomic E-state index is 0.224. The molecule has 0 aromatic heterocycles. The van der Waals surface area contributed by atoms with Crippen molar-refractivity contribution < 1.29 is 23.9 Å². The lowest BCUT2D eigenvalue weighted by atomic mass is 10.0. The summed E-state index contributed by atoms with van der Waals surface area (Å²) in [6.07, 6.45) is 3.79. The number of thioether (sulfide) groups is 1. The van der Waals surface area contributed by atoms with Gasteiger partial charge >= 0.3 is 12.0 Å². The number of benzene rings is 1. The Hall–Kier alpha value is -3.01. The number of ether oxygens (including phenoxy) is 1. The molecular formula is C24H34N4O5S. The van der Waals surface area contributed by atoms with Gasteiger partial charge in [-0.1, -0.05) is 25.5 Å². The molecule has 10 heteroatoms. The molecule has 1 saturated heterocycles. The van der Waals surface area contributed by atoms with Gasteiger partial charge in [-0.15, -0.1) is 11.8 Å². The van der Waals surface area contributed by atoms with Crippen molar-refractivity contribution in [2.45, 2.75) is 57.1 Å². The third-order valence-corrected chi connectivity index (χ3v) is 6.15. The summed E-state index contributed by atoms with van der Waals surface area (Å²) in [6.45, 7) is 7.45. The number of esters is 1. The molecular weight excluding hydrogens is 456 g/mol. The van der Waals surface area contributed by atoms with Crippen LogP contribution in [0, 0.1) is 5.92 Å². The quantitative estimate of drug-likeness (QED) is 0.293. The number of carbonyl (C=O) groups is 4. The second-order valence-corrected chi connectivity index (χ2v) is 9.56. The molecule has 3 unspecified atom stereocenters. The number of rotatable bonds is 8. The second kappa shape index (κ2) is 12.5. The van der Waals surface area contributed by atoms with E-state index in [9.17, 15) is 19.2 Å².